The smallest absolute Gasteiger partial charge is 0.268 e. The number of halogens is 1. The summed E-state index contributed by atoms with van der Waals surface area (Å²) in [4.78, 5) is 24.7. The molecule has 0 spiro atoms. The third-order valence-electron chi connectivity index (χ3n) is 4.81. The predicted molar refractivity (Wildman–Crippen MR) is 108 cm³/mol. The number of pyridine rings is 1. The number of nitrogens with zero attached hydrogens (tertiary/aromatic N) is 3. The SMILES string of the molecule is C#CCN(C(=O)C1CC(c2ccccn2)=NO1)C1CCOc2ccc(Br)cc21. The van der Waals surface area contributed by atoms with Gasteiger partial charge in [0.15, 0.2) is 0 Å². The van der Waals surface area contributed by atoms with E-state index in [4.69, 9.17) is 16.0 Å². The van der Waals surface area contributed by atoms with Gasteiger partial charge in [-0.2, -0.15) is 0 Å². The minimum absolute atomic E-state index is 0.174. The van der Waals surface area contributed by atoms with Crippen LogP contribution in [-0.2, 0) is 9.63 Å². The van der Waals surface area contributed by atoms with Gasteiger partial charge in [0, 0.05) is 29.1 Å². The van der Waals surface area contributed by atoms with Crippen LogP contribution in [0.25, 0.3) is 0 Å². The molecule has 1 aromatic heterocycles. The van der Waals surface area contributed by atoms with Crippen LogP contribution in [-0.4, -0.2) is 40.8 Å². The summed E-state index contributed by atoms with van der Waals surface area (Å²) in [6.07, 6.45) is 7.59. The van der Waals surface area contributed by atoms with Crippen LogP contribution in [0.2, 0.25) is 0 Å². The molecule has 0 radical (unpaired) electrons. The number of carbonyl (C=O) groups is 1. The van der Waals surface area contributed by atoms with E-state index in [1.165, 1.54) is 0 Å². The molecule has 2 aliphatic rings. The van der Waals surface area contributed by atoms with Crippen LogP contribution in [0.15, 0.2) is 52.2 Å². The first-order chi connectivity index (χ1) is 13.7. The first-order valence-electron chi connectivity index (χ1n) is 8.97. The fraction of sp³-hybridized carbons (Fsp3) is 0.286. The maximum absolute atomic E-state index is 13.3. The van der Waals surface area contributed by atoms with E-state index >= 15 is 0 Å². The van der Waals surface area contributed by atoms with E-state index in [2.05, 4.69) is 32.0 Å². The molecule has 0 aliphatic carbocycles. The number of benzene rings is 1. The highest BCUT2D eigenvalue weighted by molar-refractivity contribution is 9.10. The topological polar surface area (TPSA) is 64.0 Å². The highest BCUT2D eigenvalue weighted by Gasteiger charge is 2.37. The van der Waals surface area contributed by atoms with Crippen molar-refractivity contribution in [3.05, 3.63) is 58.3 Å². The minimum atomic E-state index is -0.705. The molecule has 7 heteroatoms. The van der Waals surface area contributed by atoms with Gasteiger partial charge in [0.2, 0.25) is 6.10 Å². The average molecular weight is 440 g/mol. The summed E-state index contributed by atoms with van der Waals surface area (Å²) in [5.74, 6) is 3.20. The van der Waals surface area contributed by atoms with Gasteiger partial charge in [-0.15, -0.1) is 6.42 Å². The first-order valence-corrected chi connectivity index (χ1v) is 9.77. The van der Waals surface area contributed by atoms with Crippen LogP contribution in [0.1, 0.15) is 30.1 Å². The van der Waals surface area contributed by atoms with Gasteiger partial charge in [0.25, 0.3) is 5.91 Å². The van der Waals surface area contributed by atoms with Crippen molar-refractivity contribution in [3.8, 4) is 18.1 Å². The van der Waals surface area contributed by atoms with Crippen LogP contribution in [0.3, 0.4) is 0 Å². The molecule has 2 aliphatic heterocycles. The second-order valence-electron chi connectivity index (χ2n) is 6.56. The zero-order chi connectivity index (χ0) is 19.5. The molecule has 142 valence electrons. The largest absolute Gasteiger partial charge is 0.493 e. The molecular weight excluding hydrogens is 422 g/mol. The Morgan fingerprint density at radius 3 is 3.04 bits per heavy atom. The number of amides is 1. The van der Waals surface area contributed by atoms with E-state index in [0.717, 1.165) is 15.8 Å². The molecule has 1 aromatic carbocycles. The molecule has 2 aromatic rings. The number of rotatable bonds is 4. The maximum Gasteiger partial charge on any atom is 0.268 e. The number of fused-ring (bicyclic) bond motifs is 1. The van der Waals surface area contributed by atoms with Crippen molar-refractivity contribution in [2.45, 2.75) is 25.0 Å². The van der Waals surface area contributed by atoms with E-state index in [0.29, 0.717) is 30.9 Å². The lowest BCUT2D eigenvalue weighted by molar-refractivity contribution is -0.144. The van der Waals surface area contributed by atoms with Crippen molar-refractivity contribution in [3.63, 3.8) is 0 Å². The highest BCUT2D eigenvalue weighted by Crippen LogP contribution is 2.38. The van der Waals surface area contributed by atoms with Crippen LogP contribution in [0.5, 0.6) is 5.75 Å². The molecule has 3 heterocycles. The molecule has 6 nitrogen and oxygen atoms in total. The minimum Gasteiger partial charge on any atom is -0.493 e. The van der Waals surface area contributed by atoms with Gasteiger partial charge in [0.1, 0.15) is 11.5 Å². The molecule has 1 amide bonds. The molecule has 4 rings (SSSR count). The molecule has 0 fully saturated rings. The Morgan fingerprint density at radius 2 is 2.25 bits per heavy atom. The van der Waals surface area contributed by atoms with Crippen molar-refractivity contribution in [1.82, 2.24) is 9.88 Å². The van der Waals surface area contributed by atoms with E-state index in [-0.39, 0.29) is 18.5 Å². The van der Waals surface area contributed by atoms with Crippen molar-refractivity contribution in [1.29, 1.82) is 0 Å². The lowest BCUT2D eigenvalue weighted by Crippen LogP contribution is -2.43. The van der Waals surface area contributed by atoms with Crippen LogP contribution in [0, 0.1) is 12.3 Å². The number of terminal acetylenes is 1. The molecule has 28 heavy (non-hydrogen) atoms. The van der Waals surface area contributed by atoms with Gasteiger partial charge in [-0.05, 0) is 30.3 Å². The zero-order valence-electron chi connectivity index (χ0n) is 15.0. The maximum atomic E-state index is 13.3. The molecule has 2 atom stereocenters. The van der Waals surface area contributed by atoms with E-state index in [9.17, 15) is 4.79 Å². The van der Waals surface area contributed by atoms with Gasteiger partial charge in [-0.25, -0.2) is 0 Å². The summed E-state index contributed by atoms with van der Waals surface area (Å²) >= 11 is 3.49. The van der Waals surface area contributed by atoms with E-state index in [1.807, 2.05) is 36.4 Å². The number of hydrogen-bond donors (Lipinski definition) is 0. The Morgan fingerprint density at radius 1 is 1.36 bits per heavy atom. The lowest BCUT2D eigenvalue weighted by Gasteiger charge is -2.35. The fourth-order valence-corrected chi connectivity index (χ4v) is 3.87. The third-order valence-corrected chi connectivity index (χ3v) is 5.30. The summed E-state index contributed by atoms with van der Waals surface area (Å²) < 4.78 is 6.67. The Balaban J connectivity index is 1.56. The number of oxime groups is 1. The molecule has 0 bridgehead atoms. The molecular formula is C21H18BrN3O3. The normalized spacial score (nSPS) is 20.2. The number of aromatic nitrogens is 1. The van der Waals surface area contributed by atoms with Crippen LogP contribution >= 0.6 is 15.9 Å². The van der Waals surface area contributed by atoms with Gasteiger partial charge in [-0.1, -0.05) is 33.1 Å². The van der Waals surface area contributed by atoms with Crippen LogP contribution in [0.4, 0.5) is 0 Å². The predicted octanol–water partition coefficient (Wildman–Crippen LogP) is 3.32. The second-order valence-corrected chi connectivity index (χ2v) is 7.47. The molecule has 0 saturated heterocycles. The van der Waals surface area contributed by atoms with Gasteiger partial charge >= 0.3 is 0 Å². The van der Waals surface area contributed by atoms with Gasteiger partial charge < -0.3 is 14.5 Å². The Bertz CT molecular complexity index is 955. The van der Waals surface area contributed by atoms with Gasteiger partial charge in [-0.3, -0.25) is 9.78 Å². The Kier molecular flexibility index (Phi) is 5.31. The lowest BCUT2D eigenvalue weighted by atomic mass is 9.97. The summed E-state index contributed by atoms with van der Waals surface area (Å²) in [7, 11) is 0. The van der Waals surface area contributed by atoms with E-state index in [1.54, 1.807) is 11.1 Å². The standard InChI is InChI=1S/C21H18BrN3O3/c1-2-10-25(18-8-11-27-19-7-6-14(22)12-15(18)19)21(26)20-13-17(24-28-20)16-5-3-4-9-23-16/h1,3-7,9,12,18,20H,8,10-11,13H2. The Hall–Kier alpha value is -2.85. The second kappa shape index (κ2) is 8.03. The average Bonchev–Trinajstić information content (AvgIpc) is 3.22. The molecule has 0 saturated carbocycles. The van der Waals surface area contributed by atoms with Crippen molar-refractivity contribution < 1.29 is 14.4 Å². The quantitative estimate of drug-likeness (QED) is 0.685. The fourth-order valence-electron chi connectivity index (χ4n) is 3.49. The Labute approximate surface area is 171 Å². The number of hydrogen-bond acceptors (Lipinski definition) is 5. The molecule has 0 N–H and O–H groups in total. The van der Waals surface area contributed by atoms with Crippen molar-refractivity contribution in [2.24, 2.45) is 5.16 Å². The monoisotopic (exact) mass is 439 g/mol. The zero-order valence-corrected chi connectivity index (χ0v) is 16.6. The van der Waals surface area contributed by atoms with Crippen molar-refractivity contribution >= 4 is 27.5 Å². The van der Waals surface area contributed by atoms with Gasteiger partial charge in [0.05, 0.1) is 24.9 Å². The van der Waals surface area contributed by atoms with Crippen LogP contribution < -0.4 is 4.74 Å². The van der Waals surface area contributed by atoms with Crippen molar-refractivity contribution in [2.75, 3.05) is 13.2 Å². The van der Waals surface area contributed by atoms with E-state index < -0.39 is 6.10 Å². The first kappa shape index (κ1) is 18.5. The third kappa shape index (κ3) is 3.60. The number of ether oxygens (including phenoxy) is 1. The summed E-state index contributed by atoms with van der Waals surface area (Å²) in [5, 5.41) is 4.08. The summed E-state index contributed by atoms with van der Waals surface area (Å²) in [6, 6.07) is 11.2. The molecule has 2 unspecified atom stereocenters. The number of carbonyl (C=O) groups excluding carboxylic acids is 1. The highest BCUT2D eigenvalue weighted by atomic mass is 79.9. The summed E-state index contributed by atoms with van der Waals surface area (Å²) in [6.45, 7) is 0.711. The summed E-state index contributed by atoms with van der Waals surface area (Å²) in [5.41, 5.74) is 2.31.